The van der Waals surface area contributed by atoms with Crippen LogP contribution in [0.15, 0.2) is 30.5 Å². The van der Waals surface area contributed by atoms with Gasteiger partial charge in [0.25, 0.3) is 11.4 Å². The number of hydrogen-bond acceptors (Lipinski definition) is 12. The zero-order valence-corrected chi connectivity index (χ0v) is 19.7. The number of anilines is 2. The summed E-state index contributed by atoms with van der Waals surface area (Å²) in [4.78, 5) is 35.9. The lowest BCUT2D eigenvalue weighted by Gasteiger charge is -2.14. The first kappa shape index (κ1) is 27.8. The van der Waals surface area contributed by atoms with Crippen LogP contribution in [0.2, 0.25) is 0 Å². The maximum Gasteiger partial charge on any atom is 0.388 e. The van der Waals surface area contributed by atoms with Gasteiger partial charge in [-0.1, -0.05) is 4.98 Å². The standard InChI is InChI=1S/C14H18N4O3.C7H4N2O7/c1-19-10-5-8(6-11(20-2)12(10)21-3)4-9-7-17-14(16)18-13(9)15;10-6-4(7(11)12)1-3(8(13)14)2-5(6)9(15)16/h5-7H,4H2,1-3H3,(H4,15,16,17,18);1-2,10H,(H,11,12). The van der Waals surface area contributed by atoms with Gasteiger partial charge in [-0.15, -0.1) is 0 Å². The number of methoxy groups -OCH3 is 3. The SMILES string of the molecule is COc1cc(Cc2c[nH+]c(N)nc2N)cc(OC)c1OC.O=C(O)c1cc([N+](=O)[O-])cc([N+](=O)[O-])c1[O-]. The van der Waals surface area contributed by atoms with Crippen molar-refractivity contribution in [2.24, 2.45) is 0 Å². The highest BCUT2D eigenvalue weighted by atomic mass is 16.6. The summed E-state index contributed by atoms with van der Waals surface area (Å²) >= 11 is 0. The van der Waals surface area contributed by atoms with Crippen molar-refractivity contribution in [3.8, 4) is 23.0 Å². The first-order chi connectivity index (χ1) is 17.4. The predicted octanol–water partition coefficient (Wildman–Crippen LogP) is 0.952. The van der Waals surface area contributed by atoms with Gasteiger partial charge in [0.05, 0.1) is 49.0 Å². The molecule has 16 nitrogen and oxygen atoms in total. The van der Waals surface area contributed by atoms with Crippen molar-refractivity contribution in [3.63, 3.8) is 0 Å². The number of carbonyl (C=O) groups is 1. The number of hydrogen-bond donors (Lipinski definition) is 3. The number of ether oxygens (including phenoxy) is 3. The molecule has 0 saturated heterocycles. The summed E-state index contributed by atoms with van der Waals surface area (Å²) in [5, 5.41) is 40.4. The van der Waals surface area contributed by atoms with Crippen LogP contribution in [0.4, 0.5) is 23.1 Å². The molecule has 1 heterocycles. The summed E-state index contributed by atoms with van der Waals surface area (Å²) in [6.07, 6.45) is 2.30. The third kappa shape index (κ3) is 6.59. The summed E-state index contributed by atoms with van der Waals surface area (Å²) in [7, 11) is 4.72. The average Bonchev–Trinajstić information content (AvgIpc) is 2.85. The largest absolute Gasteiger partial charge is 0.867 e. The summed E-state index contributed by atoms with van der Waals surface area (Å²) in [5.74, 6) is -0.699. The molecular formula is C21H22N6O10. The Morgan fingerprint density at radius 3 is 2.05 bits per heavy atom. The monoisotopic (exact) mass is 518 g/mol. The van der Waals surface area contributed by atoms with Gasteiger partial charge < -0.3 is 30.2 Å². The van der Waals surface area contributed by atoms with E-state index in [1.165, 1.54) is 0 Å². The van der Waals surface area contributed by atoms with Crippen molar-refractivity contribution in [3.05, 3.63) is 67.4 Å². The number of carboxylic acids is 1. The molecule has 0 bridgehead atoms. The molecule has 1 aromatic heterocycles. The molecule has 0 unspecified atom stereocenters. The van der Waals surface area contributed by atoms with Gasteiger partial charge in [0.1, 0.15) is 0 Å². The van der Waals surface area contributed by atoms with Crippen LogP contribution in [0.5, 0.6) is 23.0 Å². The number of nitrogens with two attached hydrogens (primary N) is 2. The van der Waals surface area contributed by atoms with Crippen molar-refractivity contribution in [2.45, 2.75) is 6.42 Å². The molecule has 0 atom stereocenters. The van der Waals surface area contributed by atoms with E-state index in [4.69, 9.17) is 30.8 Å². The highest BCUT2D eigenvalue weighted by Crippen LogP contribution is 2.38. The normalized spacial score (nSPS) is 10.0. The smallest absolute Gasteiger partial charge is 0.388 e. The molecule has 2 aromatic carbocycles. The van der Waals surface area contributed by atoms with Gasteiger partial charge in [-0.25, -0.2) is 9.78 Å². The molecule has 16 heteroatoms. The molecular weight excluding hydrogens is 496 g/mol. The van der Waals surface area contributed by atoms with Crippen LogP contribution in [0.25, 0.3) is 0 Å². The number of aromatic amines is 1. The number of nitro groups is 2. The lowest BCUT2D eigenvalue weighted by Crippen LogP contribution is -2.16. The van der Waals surface area contributed by atoms with Crippen LogP contribution in [0.1, 0.15) is 21.5 Å². The third-order valence-corrected chi connectivity index (χ3v) is 4.78. The summed E-state index contributed by atoms with van der Waals surface area (Å²) < 4.78 is 15.9. The van der Waals surface area contributed by atoms with E-state index in [-0.39, 0.29) is 5.95 Å². The fourth-order valence-electron chi connectivity index (χ4n) is 3.07. The lowest BCUT2D eigenvalue weighted by atomic mass is 10.1. The number of aromatic nitrogens is 2. The Bertz CT molecular complexity index is 1290. The molecule has 0 spiro atoms. The quantitative estimate of drug-likeness (QED) is 0.277. The zero-order valence-electron chi connectivity index (χ0n) is 19.7. The third-order valence-electron chi connectivity index (χ3n) is 4.78. The minimum absolute atomic E-state index is 0.279. The van der Waals surface area contributed by atoms with Crippen molar-refractivity contribution in [1.82, 2.24) is 4.98 Å². The van der Waals surface area contributed by atoms with Gasteiger partial charge >= 0.3 is 11.9 Å². The van der Waals surface area contributed by atoms with Crippen LogP contribution in [-0.4, -0.2) is 47.2 Å². The van der Waals surface area contributed by atoms with E-state index in [1.54, 1.807) is 27.5 Å². The van der Waals surface area contributed by atoms with Crippen molar-refractivity contribution >= 4 is 29.1 Å². The number of nitrogens with zero attached hydrogens (tertiary/aromatic N) is 3. The summed E-state index contributed by atoms with van der Waals surface area (Å²) in [6.45, 7) is 0. The Balaban J connectivity index is 0.000000271. The van der Waals surface area contributed by atoms with Gasteiger partial charge in [-0.05, 0) is 23.4 Å². The van der Waals surface area contributed by atoms with Crippen molar-refractivity contribution in [2.75, 3.05) is 32.8 Å². The number of nitro benzene ring substituents is 2. The number of benzene rings is 2. The van der Waals surface area contributed by atoms with Crippen LogP contribution in [0, 0.1) is 20.2 Å². The fourth-order valence-corrected chi connectivity index (χ4v) is 3.07. The number of nitrogens with one attached hydrogen (secondary N) is 1. The Kier molecular flexibility index (Phi) is 8.90. The van der Waals surface area contributed by atoms with Crippen LogP contribution in [0.3, 0.4) is 0 Å². The number of rotatable bonds is 8. The second-order valence-electron chi connectivity index (χ2n) is 7.07. The van der Waals surface area contributed by atoms with Crippen molar-refractivity contribution < 1.29 is 44.0 Å². The van der Waals surface area contributed by atoms with Gasteiger partial charge in [-0.2, -0.15) is 0 Å². The van der Waals surface area contributed by atoms with E-state index in [2.05, 4.69) is 9.97 Å². The van der Waals surface area contributed by atoms with Gasteiger partial charge in [0.15, 0.2) is 11.5 Å². The predicted molar refractivity (Wildman–Crippen MR) is 125 cm³/mol. The van der Waals surface area contributed by atoms with Gasteiger partial charge in [0, 0.05) is 18.1 Å². The molecule has 37 heavy (non-hydrogen) atoms. The van der Waals surface area contributed by atoms with Gasteiger partial charge in [-0.3, -0.25) is 26.0 Å². The summed E-state index contributed by atoms with van der Waals surface area (Å²) in [6, 6.07) is 4.65. The van der Waals surface area contributed by atoms with E-state index in [0.717, 1.165) is 11.1 Å². The van der Waals surface area contributed by atoms with E-state index in [0.29, 0.717) is 41.6 Å². The molecule has 196 valence electrons. The molecule has 3 aromatic rings. The average molecular weight is 518 g/mol. The van der Waals surface area contributed by atoms with E-state index in [9.17, 15) is 30.1 Å². The molecule has 0 fully saturated rings. The number of non-ortho nitro benzene ring substituents is 1. The second-order valence-corrected chi connectivity index (χ2v) is 7.07. The number of H-pyrrole nitrogens is 1. The topological polar surface area (TPSA) is 253 Å². The van der Waals surface area contributed by atoms with Crippen molar-refractivity contribution in [1.29, 1.82) is 0 Å². The van der Waals surface area contributed by atoms with E-state index >= 15 is 0 Å². The maximum absolute atomic E-state index is 11.2. The molecule has 0 saturated carbocycles. The van der Waals surface area contributed by atoms with Crippen LogP contribution >= 0.6 is 0 Å². The Hall–Kier alpha value is -5.41. The molecule has 0 aliphatic carbocycles. The van der Waals surface area contributed by atoms with Crippen LogP contribution in [-0.2, 0) is 6.42 Å². The highest BCUT2D eigenvalue weighted by Gasteiger charge is 2.21. The highest BCUT2D eigenvalue weighted by molar-refractivity contribution is 5.93. The van der Waals surface area contributed by atoms with Gasteiger partial charge in [0.2, 0.25) is 11.6 Å². The minimum Gasteiger partial charge on any atom is -0.867 e. The van der Waals surface area contributed by atoms with E-state index < -0.39 is 38.5 Å². The second kappa shape index (κ2) is 11.8. The minimum atomic E-state index is -1.75. The molecule has 3 rings (SSSR count). The number of nitrogen functional groups attached to an aromatic ring is 2. The Labute approximate surface area is 208 Å². The lowest BCUT2D eigenvalue weighted by molar-refractivity contribution is -0.403. The number of aromatic carboxylic acids is 1. The maximum atomic E-state index is 11.2. The number of carboxylic acid groups (broad SMARTS) is 1. The first-order valence-corrected chi connectivity index (χ1v) is 10.0. The Morgan fingerprint density at radius 2 is 1.62 bits per heavy atom. The summed E-state index contributed by atoms with van der Waals surface area (Å²) in [5.41, 5.74) is 10.3. The molecule has 0 aliphatic rings. The molecule has 6 N–H and O–H groups in total. The van der Waals surface area contributed by atoms with Crippen LogP contribution < -0.4 is 35.8 Å². The molecule has 0 aliphatic heterocycles. The van der Waals surface area contributed by atoms with E-state index in [1.807, 2.05) is 12.1 Å². The fraction of sp³-hybridized carbons (Fsp3) is 0.190. The first-order valence-electron chi connectivity index (χ1n) is 10.0. The zero-order chi connectivity index (χ0) is 27.9. The molecule has 0 amide bonds. The molecule has 0 radical (unpaired) electrons. The Morgan fingerprint density at radius 1 is 1.03 bits per heavy atom.